The first-order chi connectivity index (χ1) is 9.25. The lowest BCUT2D eigenvalue weighted by Gasteiger charge is -2.22. The zero-order valence-electron chi connectivity index (χ0n) is 13.2. The van der Waals surface area contributed by atoms with Crippen molar-refractivity contribution in [3.8, 4) is 0 Å². The Kier molecular flexibility index (Phi) is 5.79. The topological polar surface area (TPSA) is 63.1 Å². The maximum Gasteiger partial charge on any atom is 0.242 e. The van der Waals surface area contributed by atoms with Crippen LogP contribution in [0.1, 0.15) is 39.8 Å². The van der Waals surface area contributed by atoms with Crippen LogP contribution < -0.4 is 10.0 Å². The summed E-state index contributed by atoms with van der Waals surface area (Å²) in [6.45, 7) is 10.0. The average molecular weight is 301 g/mol. The van der Waals surface area contributed by atoms with Crippen LogP contribution in [0.25, 0.3) is 0 Å². The number of sulfonamides is 1. The molecule has 0 saturated heterocycles. The summed E-state index contributed by atoms with van der Waals surface area (Å²) in [6, 6.07) is 1.74. The van der Waals surface area contributed by atoms with Gasteiger partial charge in [-0.1, -0.05) is 20.8 Å². The van der Waals surface area contributed by atoms with Crippen molar-refractivity contribution in [2.45, 2.75) is 52.1 Å². The number of nitrogens with zero attached hydrogens (tertiary/aromatic N) is 1. The highest BCUT2D eigenvalue weighted by molar-refractivity contribution is 7.89. The van der Waals surface area contributed by atoms with Gasteiger partial charge < -0.3 is 9.88 Å². The number of hydrogen-bond donors (Lipinski definition) is 2. The highest BCUT2D eigenvalue weighted by Crippen LogP contribution is 2.20. The lowest BCUT2D eigenvalue weighted by atomic mass is 9.91. The highest BCUT2D eigenvalue weighted by atomic mass is 32.2. The van der Waals surface area contributed by atoms with Gasteiger partial charge in [0.25, 0.3) is 0 Å². The van der Waals surface area contributed by atoms with Crippen molar-refractivity contribution in [2.24, 2.45) is 5.41 Å². The molecule has 5 nitrogen and oxygen atoms in total. The van der Waals surface area contributed by atoms with Gasteiger partial charge in [0.1, 0.15) is 0 Å². The van der Waals surface area contributed by atoms with E-state index in [-0.39, 0.29) is 5.41 Å². The van der Waals surface area contributed by atoms with E-state index >= 15 is 0 Å². The van der Waals surface area contributed by atoms with Crippen LogP contribution in [0.2, 0.25) is 0 Å². The number of aryl methyl sites for hydroxylation is 1. The van der Waals surface area contributed by atoms with Gasteiger partial charge in [0.15, 0.2) is 0 Å². The molecule has 20 heavy (non-hydrogen) atoms. The minimum absolute atomic E-state index is 0.0335. The second-order valence-electron chi connectivity index (χ2n) is 5.83. The van der Waals surface area contributed by atoms with Crippen LogP contribution in [0.15, 0.2) is 17.2 Å². The van der Waals surface area contributed by atoms with Gasteiger partial charge in [0.2, 0.25) is 10.0 Å². The lowest BCUT2D eigenvalue weighted by molar-refractivity contribution is 0.350. The first-order valence-corrected chi connectivity index (χ1v) is 8.57. The fourth-order valence-corrected chi connectivity index (χ4v) is 3.10. The first-order valence-electron chi connectivity index (χ1n) is 7.09. The van der Waals surface area contributed by atoms with Crippen molar-refractivity contribution in [2.75, 3.05) is 13.6 Å². The SMILES string of the molecule is CCn1cc(S(=O)(=O)NCC(C)(C)CC)cc1CNC. The number of rotatable bonds is 8. The van der Waals surface area contributed by atoms with Gasteiger partial charge in [0, 0.05) is 31.5 Å². The van der Waals surface area contributed by atoms with Crippen molar-refractivity contribution in [1.82, 2.24) is 14.6 Å². The Hall–Kier alpha value is -0.850. The van der Waals surface area contributed by atoms with E-state index in [4.69, 9.17) is 0 Å². The summed E-state index contributed by atoms with van der Waals surface area (Å²) < 4.78 is 29.3. The van der Waals surface area contributed by atoms with E-state index in [9.17, 15) is 8.42 Å². The predicted molar refractivity (Wildman–Crippen MR) is 82.1 cm³/mol. The Morgan fingerprint density at radius 2 is 1.95 bits per heavy atom. The largest absolute Gasteiger partial charge is 0.349 e. The van der Waals surface area contributed by atoms with Gasteiger partial charge in [-0.3, -0.25) is 0 Å². The molecule has 116 valence electrons. The first kappa shape index (κ1) is 17.2. The van der Waals surface area contributed by atoms with Gasteiger partial charge in [-0.05, 0) is 31.9 Å². The van der Waals surface area contributed by atoms with Crippen LogP contribution in [0, 0.1) is 5.41 Å². The molecule has 1 aromatic rings. The summed E-state index contributed by atoms with van der Waals surface area (Å²) in [6.07, 6.45) is 2.63. The summed E-state index contributed by atoms with van der Waals surface area (Å²) in [4.78, 5) is 0.344. The van der Waals surface area contributed by atoms with Crippen molar-refractivity contribution in [1.29, 1.82) is 0 Å². The van der Waals surface area contributed by atoms with E-state index in [2.05, 4.69) is 30.8 Å². The molecule has 0 atom stereocenters. The normalized spacial score (nSPS) is 12.8. The number of nitrogens with one attached hydrogen (secondary N) is 2. The Bertz CT molecular complexity index is 533. The minimum atomic E-state index is -3.43. The smallest absolute Gasteiger partial charge is 0.242 e. The molecule has 1 heterocycles. The Balaban J connectivity index is 2.92. The molecular formula is C14H27N3O2S. The molecule has 0 unspecified atom stereocenters. The molecule has 0 aromatic carbocycles. The molecule has 1 aromatic heterocycles. The van der Waals surface area contributed by atoms with Crippen LogP contribution in [0.5, 0.6) is 0 Å². The quantitative estimate of drug-likeness (QED) is 0.771. The van der Waals surface area contributed by atoms with Crippen LogP contribution >= 0.6 is 0 Å². The number of hydrogen-bond acceptors (Lipinski definition) is 3. The van der Waals surface area contributed by atoms with E-state index in [1.165, 1.54) is 0 Å². The molecule has 2 N–H and O–H groups in total. The highest BCUT2D eigenvalue weighted by Gasteiger charge is 2.22. The number of aromatic nitrogens is 1. The molecule has 1 rings (SSSR count). The van der Waals surface area contributed by atoms with Gasteiger partial charge >= 0.3 is 0 Å². The van der Waals surface area contributed by atoms with Crippen molar-refractivity contribution in [3.05, 3.63) is 18.0 Å². The van der Waals surface area contributed by atoms with Gasteiger partial charge in [-0.2, -0.15) is 0 Å². The average Bonchev–Trinajstić information content (AvgIpc) is 2.81. The van der Waals surface area contributed by atoms with E-state index in [0.29, 0.717) is 18.0 Å². The molecular weight excluding hydrogens is 274 g/mol. The second kappa shape index (κ2) is 6.74. The molecule has 0 radical (unpaired) electrons. The maximum absolute atomic E-state index is 12.3. The Labute approximate surface area is 122 Å². The summed E-state index contributed by atoms with van der Waals surface area (Å²) in [5.74, 6) is 0. The van der Waals surface area contributed by atoms with Gasteiger partial charge in [0.05, 0.1) is 4.90 Å². The summed E-state index contributed by atoms with van der Waals surface area (Å²) in [7, 11) is -1.58. The fourth-order valence-electron chi connectivity index (χ4n) is 1.79. The van der Waals surface area contributed by atoms with Crippen molar-refractivity contribution >= 4 is 10.0 Å². The Morgan fingerprint density at radius 3 is 2.45 bits per heavy atom. The molecule has 0 spiro atoms. The molecule has 0 saturated carbocycles. The standard InChI is InChI=1S/C14H27N3O2S/c1-6-14(3,4)11-16-20(18,19)13-8-12(9-15-5)17(7-2)10-13/h8,10,15-16H,6-7,9,11H2,1-5H3. The molecule has 0 bridgehead atoms. The van der Waals surface area contributed by atoms with Gasteiger partial charge in [-0.15, -0.1) is 0 Å². The van der Waals surface area contributed by atoms with Crippen LogP contribution in [-0.4, -0.2) is 26.6 Å². The van der Waals surface area contributed by atoms with Crippen LogP contribution in [-0.2, 0) is 23.1 Å². The monoisotopic (exact) mass is 301 g/mol. The third-order valence-corrected chi connectivity index (χ3v) is 5.04. The minimum Gasteiger partial charge on any atom is -0.349 e. The summed E-state index contributed by atoms with van der Waals surface area (Å²) in [5, 5.41) is 3.05. The van der Waals surface area contributed by atoms with Gasteiger partial charge in [-0.25, -0.2) is 13.1 Å². The maximum atomic E-state index is 12.3. The molecule has 0 aliphatic heterocycles. The predicted octanol–water partition coefficient (Wildman–Crippen LogP) is 1.94. The van der Waals surface area contributed by atoms with E-state index in [1.807, 2.05) is 18.5 Å². The van der Waals surface area contributed by atoms with Crippen molar-refractivity contribution in [3.63, 3.8) is 0 Å². The molecule has 0 fully saturated rings. The van der Waals surface area contributed by atoms with E-state index in [0.717, 1.165) is 18.7 Å². The van der Waals surface area contributed by atoms with Crippen molar-refractivity contribution < 1.29 is 8.42 Å². The van der Waals surface area contributed by atoms with Crippen LogP contribution in [0.3, 0.4) is 0 Å². The molecule has 0 aliphatic carbocycles. The molecule has 6 heteroatoms. The lowest BCUT2D eigenvalue weighted by Crippen LogP contribution is -2.33. The summed E-state index contributed by atoms with van der Waals surface area (Å²) in [5.41, 5.74) is 0.943. The zero-order chi connectivity index (χ0) is 15.4. The summed E-state index contributed by atoms with van der Waals surface area (Å²) >= 11 is 0. The molecule has 0 amide bonds. The van der Waals surface area contributed by atoms with E-state index in [1.54, 1.807) is 12.3 Å². The fraction of sp³-hybridized carbons (Fsp3) is 0.714. The second-order valence-corrected chi connectivity index (χ2v) is 7.59. The molecule has 0 aliphatic rings. The third-order valence-electron chi connectivity index (χ3n) is 3.67. The van der Waals surface area contributed by atoms with Crippen LogP contribution in [0.4, 0.5) is 0 Å². The van der Waals surface area contributed by atoms with E-state index < -0.39 is 10.0 Å². The Morgan fingerprint density at radius 1 is 1.30 bits per heavy atom. The zero-order valence-corrected chi connectivity index (χ0v) is 14.0. The third kappa shape index (κ3) is 4.33.